The van der Waals surface area contributed by atoms with Gasteiger partial charge in [0.25, 0.3) is 22.6 Å². The van der Waals surface area contributed by atoms with Crippen molar-refractivity contribution in [1.29, 1.82) is 0 Å². The van der Waals surface area contributed by atoms with Crippen LogP contribution in [0.3, 0.4) is 0 Å². The van der Waals surface area contributed by atoms with Crippen LogP contribution in [-0.4, -0.2) is 35.7 Å². The van der Waals surface area contributed by atoms with Crippen molar-refractivity contribution >= 4 is 22.6 Å². The molecule has 7 heteroatoms. The quantitative estimate of drug-likeness (QED) is 0.344. The highest BCUT2D eigenvalue weighted by Crippen LogP contribution is 1.47. The van der Waals surface area contributed by atoms with E-state index in [1.54, 1.807) is 22.6 Å². The summed E-state index contributed by atoms with van der Waals surface area (Å²) in [5, 5.41) is 11.5. The first-order chi connectivity index (χ1) is 5.41. The Morgan fingerprint density at radius 3 is 1.36 bits per heavy atom. The lowest BCUT2D eigenvalue weighted by Crippen LogP contribution is -2.55. The van der Waals surface area contributed by atoms with E-state index in [1.165, 1.54) is 0 Å². The van der Waals surface area contributed by atoms with Crippen LogP contribution in [0.5, 0.6) is 0 Å². The van der Waals surface area contributed by atoms with Gasteiger partial charge in [-0.05, 0) is 13.1 Å². The van der Waals surface area contributed by atoms with Gasteiger partial charge in [0, 0.05) is 0 Å². The van der Waals surface area contributed by atoms with Crippen molar-refractivity contribution in [3.8, 4) is 0 Å². The number of hydrogen-bond acceptors (Lipinski definition) is 4. The molecule has 0 amide bonds. The predicted octanol–water partition coefficient (Wildman–Crippen LogP) is -2.01. The zero-order chi connectivity index (χ0) is 8.36. The van der Waals surface area contributed by atoms with Crippen molar-refractivity contribution < 1.29 is 0 Å². The average Bonchev–Trinajstić information content (AvgIpc) is 2.10. The van der Waals surface area contributed by atoms with Crippen LogP contribution in [0.1, 0.15) is 13.8 Å². The summed E-state index contributed by atoms with van der Waals surface area (Å²) in [5.41, 5.74) is 0. The van der Waals surface area contributed by atoms with Crippen LogP contribution in [0.4, 0.5) is 0 Å². The van der Waals surface area contributed by atoms with Gasteiger partial charge in [0.2, 0.25) is 0 Å². The lowest BCUT2D eigenvalue weighted by atomic mass is 9.85. The normalized spacial score (nSPS) is 14.7. The standard InChI is InChI=1S/C4H11N.B3H3N3/c1-3-5-4-2;1-4-2-6-3-5-1/h5H,3-4H2,1-2H3;4-6H. The van der Waals surface area contributed by atoms with Gasteiger partial charge in [-0.25, -0.2) is 0 Å². The molecule has 0 bridgehead atoms. The highest BCUT2D eigenvalue weighted by Gasteiger charge is 1.98. The molecular weight excluding hydrogens is 137 g/mol. The molecule has 11 heavy (non-hydrogen) atoms. The van der Waals surface area contributed by atoms with Gasteiger partial charge >= 0.3 is 0 Å². The van der Waals surface area contributed by atoms with Crippen LogP contribution in [0, 0.1) is 0 Å². The van der Waals surface area contributed by atoms with E-state index >= 15 is 0 Å². The maximum Gasteiger partial charge on any atom is 0.284 e. The first-order valence-electron chi connectivity index (χ1n) is 3.85. The van der Waals surface area contributed by atoms with Gasteiger partial charge < -0.3 is 20.7 Å². The Hall–Kier alpha value is 0.0348. The average molecular weight is 151 g/mol. The van der Waals surface area contributed by atoms with E-state index in [0.717, 1.165) is 13.1 Å². The zero-order valence-corrected chi connectivity index (χ0v) is 7.15. The van der Waals surface area contributed by atoms with E-state index in [9.17, 15) is 0 Å². The fourth-order valence-electron chi connectivity index (χ4n) is 0.519. The second kappa shape index (κ2) is 10.0. The molecule has 4 nitrogen and oxygen atoms in total. The number of rotatable bonds is 2. The van der Waals surface area contributed by atoms with E-state index < -0.39 is 0 Å². The van der Waals surface area contributed by atoms with Crippen LogP contribution in [0.25, 0.3) is 0 Å². The topological polar surface area (TPSA) is 48.1 Å². The molecule has 0 saturated carbocycles. The minimum atomic E-state index is 1.09. The molecule has 59 valence electrons. The van der Waals surface area contributed by atoms with Crippen molar-refractivity contribution in [2.75, 3.05) is 13.1 Å². The summed E-state index contributed by atoms with van der Waals surface area (Å²) in [5.74, 6) is 0. The summed E-state index contributed by atoms with van der Waals surface area (Å²) < 4.78 is 0. The monoisotopic (exact) mass is 151 g/mol. The Labute approximate surface area is 71.1 Å². The third-order valence-corrected chi connectivity index (χ3v) is 1.00. The number of nitrogens with one attached hydrogen (secondary N) is 4. The first kappa shape index (κ1) is 11.0. The smallest absolute Gasteiger partial charge is 0.284 e. The minimum Gasteiger partial charge on any atom is -0.379 e. The Morgan fingerprint density at radius 2 is 1.27 bits per heavy atom. The molecule has 1 saturated heterocycles. The summed E-state index contributed by atoms with van der Waals surface area (Å²) in [6, 6.07) is 0. The molecule has 0 aliphatic carbocycles. The van der Waals surface area contributed by atoms with Crippen LogP contribution >= 0.6 is 0 Å². The number of hydrogen-bond donors (Lipinski definition) is 4. The van der Waals surface area contributed by atoms with Crippen molar-refractivity contribution in [3.63, 3.8) is 0 Å². The van der Waals surface area contributed by atoms with E-state index in [-0.39, 0.29) is 0 Å². The predicted molar refractivity (Wildman–Crippen MR) is 50.9 cm³/mol. The lowest BCUT2D eigenvalue weighted by Gasteiger charge is -2.07. The third-order valence-electron chi connectivity index (χ3n) is 1.00. The Balaban J connectivity index is 0.000000187. The fourth-order valence-corrected chi connectivity index (χ4v) is 0.519. The molecule has 0 unspecified atom stereocenters. The molecule has 1 rings (SSSR count). The second-order valence-electron chi connectivity index (χ2n) is 1.89. The molecule has 4 N–H and O–H groups in total. The molecule has 1 heterocycles. The largest absolute Gasteiger partial charge is 0.379 e. The van der Waals surface area contributed by atoms with Crippen molar-refractivity contribution in [2.45, 2.75) is 13.8 Å². The van der Waals surface area contributed by atoms with Crippen molar-refractivity contribution in [2.24, 2.45) is 0 Å². The van der Waals surface area contributed by atoms with Gasteiger partial charge in [-0.15, -0.1) is 0 Å². The lowest BCUT2D eigenvalue weighted by molar-refractivity contribution is 0.762. The summed E-state index contributed by atoms with van der Waals surface area (Å²) in [6.45, 7) is 6.39. The zero-order valence-electron chi connectivity index (χ0n) is 7.15. The summed E-state index contributed by atoms with van der Waals surface area (Å²) in [6.07, 6.45) is 0. The molecule has 0 aromatic heterocycles. The summed E-state index contributed by atoms with van der Waals surface area (Å²) in [4.78, 5) is 0. The molecule has 0 spiro atoms. The minimum absolute atomic E-state index is 1.09. The fraction of sp³-hybridized carbons (Fsp3) is 1.00. The van der Waals surface area contributed by atoms with Gasteiger partial charge in [0.1, 0.15) is 0 Å². The summed E-state index contributed by atoms with van der Waals surface area (Å²) in [7, 11) is 5.16. The second-order valence-corrected chi connectivity index (χ2v) is 1.89. The van der Waals surface area contributed by atoms with Gasteiger partial charge in [-0.2, -0.15) is 0 Å². The van der Waals surface area contributed by atoms with Crippen LogP contribution < -0.4 is 20.7 Å². The van der Waals surface area contributed by atoms with Gasteiger partial charge in [0.15, 0.2) is 0 Å². The van der Waals surface area contributed by atoms with Gasteiger partial charge in [-0.3, -0.25) is 0 Å². The van der Waals surface area contributed by atoms with E-state index in [0.29, 0.717) is 0 Å². The van der Waals surface area contributed by atoms with Crippen LogP contribution in [0.15, 0.2) is 0 Å². The summed E-state index contributed by atoms with van der Waals surface area (Å²) >= 11 is 0. The van der Waals surface area contributed by atoms with E-state index in [1.807, 2.05) is 0 Å². The van der Waals surface area contributed by atoms with Gasteiger partial charge in [-0.1, -0.05) is 13.8 Å². The first-order valence-corrected chi connectivity index (χ1v) is 3.85. The Bertz CT molecular complexity index is 56.8. The molecular formula is C4H14B3N4. The Morgan fingerprint density at radius 1 is 0.909 bits per heavy atom. The highest BCUT2D eigenvalue weighted by molar-refractivity contribution is 6.65. The molecule has 1 aliphatic heterocycles. The maximum absolute atomic E-state index is 3.11. The van der Waals surface area contributed by atoms with Gasteiger partial charge in [0.05, 0.1) is 0 Å². The molecule has 0 aromatic carbocycles. The van der Waals surface area contributed by atoms with E-state index in [4.69, 9.17) is 0 Å². The highest BCUT2D eigenvalue weighted by atomic mass is 15.0. The molecule has 0 atom stereocenters. The van der Waals surface area contributed by atoms with Crippen LogP contribution in [0.2, 0.25) is 0 Å². The van der Waals surface area contributed by atoms with Crippen molar-refractivity contribution in [1.82, 2.24) is 20.7 Å². The van der Waals surface area contributed by atoms with E-state index in [2.05, 4.69) is 34.6 Å². The molecule has 1 aliphatic rings. The molecule has 1 fully saturated rings. The molecule has 3 radical (unpaired) electrons. The van der Waals surface area contributed by atoms with Crippen LogP contribution in [-0.2, 0) is 0 Å². The Kier molecular flexibility index (Phi) is 10.1. The molecule has 0 aromatic rings. The van der Waals surface area contributed by atoms with Crippen molar-refractivity contribution in [3.05, 3.63) is 0 Å². The maximum atomic E-state index is 3.11. The SMILES string of the molecule is CCNCC.[B]1N[B]N[B]N1. The third kappa shape index (κ3) is 10.0.